The Labute approximate surface area is 158 Å². The molecule has 0 unspecified atom stereocenters. The van der Waals surface area contributed by atoms with E-state index in [2.05, 4.69) is 21.7 Å². The van der Waals surface area contributed by atoms with E-state index in [9.17, 15) is 0 Å². The molecule has 1 saturated carbocycles. The van der Waals surface area contributed by atoms with Crippen LogP contribution in [0.5, 0.6) is 11.5 Å². The maximum atomic E-state index is 8.92. The van der Waals surface area contributed by atoms with Crippen molar-refractivity contribution in [2.24, 2.45) is 0 Å². The molecule has 136 valence electrons. The summed E-state index contributed by atoms with van der Waals surface area (Å²) in [5, 5.41) is 8.92. The van der Waals surface area contributed by atoms with Crippen molar-refractivity contribution < 1.29 is 9.47 Å². The van der Waals surface area contributed by atoms with Crippen LogP contribution in [0.2, 0.25) is 0 Å². The Morgan fingerprint density at radius 2 is 2.00 bits per heavy atom. The van der Waals surface area contributed by atoms with Gasteiger partial charge >= 0.3 is 0 Å². The van der Waals surface area contributed by atoms with E-state index in [4.69, 9.17) is 14.7 Å². The van der Waals surface area contributed by atoms with Crippen LogP contribution in [0.25, 0.3) is 5.69 Å². The Morgan fingerprint density at radius 1 is 1.15 bits per heavy atom. The molecular formula is C22H21N3O2. The molecule has 0 amide bonds. The second-order valence-corrected chi connectivity index (χ2v) is 6.72. The number of aromatic nitrogens is 2. The highest BCUT2D eigenvalue weighted by molar-refractivity contribution is 5.42. The Balaban J connectivity index is 1.35. The predicted octanol–water partition coefficient (Wildman–Crippen LogP) is 4.39. The number of nitriles is 1. The largest absolute Gasteiger partial charge is 0.490 e. The second-order valence-electron chi connectivity index (χ2n) is 6.72. The number of nitrogens with zero attached hydrogens (tertiary/aromatic N) is 3. The first kappa shape index (κ1) is 17.2. The fraction of sp³-hybridized carbons (Fsp3) is 0.273. The lowest BCUT2D eigenvalue weighted by Gasteiger charge is -2.12. The van der Waals surface area contributed by atoms with Crippen molar-refractivity contribution >= 4 is 0 Å². The minimum absolute atomic E-state index is 0.440. The van der Waals surface area contributed by atoms with Crippen molar-refractivity contribution in [3.63, 3.8) is 0 Å². The van der Waals surface area contributed by atoms with E-state index in [-0.39, 0.29) is 0 Å². The molecule has 4 rings (SSSR count). The van der Waals surface area contributed by atoms with E-state index >= 15 is 0 Å². The Morgan fingerprint density at radius 3 is 2.78 bits per heavy atom. The molecule has 0 spiro atoms. The predicted molar refractivity (Wildman–Crippen MR) is 102 cm³/mol. The third kappa shape index (κ3) is 3.95. The maximum absolute atomic E-state index is 8.92. The highest BCUT2D eigenvalue weighted by Crippen LogP contribution is 2.39. The second kappa shape index (κ2) is 7.55. The van der Waals surface area contributed by atoms with Crippen molar-refractivity contribution in [2.45, 2.75) is 25.7 Å². The van der Waals surface area contributed by atoms with Crippen LogP contribution in [0.1, 0.15) is 35.7 Å². The summed E-state index contributed by atoms with van der Waals surface area (Å²) in [6, 6.07) is 15.6. The topological polar surface area (TPSA) is 60.1 Å². The molecule has 5 heteroatoms. The van der Waals surface area contributed by atoms with Crippen LogP contribution in [0.3, 0.4) is 0 Å². The third-order valence-electron chi connectivity index (χ3n) is 4.62. The number of rotatable bonds is 7. The van der Waals surface area contributed by atoms with Crippen LogP contribution >= 0.6 is 0 Å². The standard InChI is InChI=1S/C22H21N3O2/c1-16-13-17(15-23)5-8-21(16)27-12-11-26-20-4-2-3-19(14-20)25-10-9-24-22(25)18-6-7-18/h2-5,8-10,13-14,18H,6-7,11-12H2,1H3. The summed E-state index contributed by atoms with van der Waals surface area (Å²) in [5.74, 6) is 3.31. The van der Waals surface area contributed by atoms with Crippen molar-refractivity contribution in [2.75, 3.05) is 13.2 Å². The number of benzene rings is 2. The minimum Gasteiger partial charge on any atom is -0.490 e. The van der Waals surface area contributed by atoms with E-state index in [1.165, 1.54) is 12.8 Å². The SMILES string of the molecule is Cc1cc(C#N)ccc1OCCOc1cccc(-n2ccnc2C2CC2)c1. The van der Waals surface area contributed by atoms with Gasteiger partial charge in [0.15, 0.2) is 0 Å². The Hall–Kier alpha value is -3.26. The van der Waals surface area contributed by atoms with Gasteiger partial charge in [0.05, 0.1) is 17.3 Å². The van der Waals surface area contributed by atoms with Gasteiger partial charge in [0.2, 0.25) is 0 Å². The zero-order valence-electron chi connectivity index (χ0n) is 15.3. The molecule has 0 N–H and O–H groups in total. The minimum atomic E-state index is 0.440. The number of hydrogen-bond donors (Lipinski definition) is 0. The molecule has 1 heterocycles. The fourth-order valence-electron chi connectivity index (χ4n) is 3.09. The average Bonchev–Trinajstić information content (AvgIpc) is 3.42. The molecule has 0 atom stereocenters. The third-order valence-corrected chi connectivity index (χ3v) is 4.62. The van der Waals surface area contributed by atoms with Gasteiger partial charge in [0.1, 0.15) is 30.5 Å². The first-order valence-corrected chi connectivity index (χ1v) is 9.14. The molecule has 5 nitrogen and oxygen atoms in total. The van der Waals surface area contributed by atoms with Crippen LogP contribution in [0.15, 0.2) is 54.9 Å². The lowest BCUT2D eigenvalue weighted by atomic mass is 10.1. The summed E-state index contributed by atoms with van der Waals surface area (Å²) in [5.41, 5.74) is 2.65. The van der Waals surface area contributed by atoms with Gasteiger partial charge in [0.25, 0.3) is 0 Å². The van der Waals surface area contributed by atoms with Gasteiger partial charge in [-0.15, -0.1) is 0 Å². The molecule has 27 heavy (non-hydrogen) atoms. The van der Waals surface area contributed by atoms with E-state index < -0.39 is 0 Å². The van der Waals surface area contributed by atoms with Gasteiger partial charge in [-0.05, 0) is 55.7 Å². The highest BCUT2D eigenvalue weighted by atomic mass is 16.5. The molecule has 0 radical (unpaired) electrons. The average molecular weight is 359 g/mol. The number of ether oxygens (including phenoxy) is 2. The molecule has 2 aromatic carbocycles. The quantitative estimate of drug-likeness (QED) is 0.587. The van der Waals surface area contributed by atoms with Crippen molar-refractivity contribution in [1.29, 1.82) is 5.26 Å². The van der Waals surface area contributed by atoms with E-state index in [1.807, 2.05) is 49.6 Å². The summed E-state index contributed by atoms with van der Waals surface area (Å²) < 4.78 is 13.8. The van der Waals surface area contributed by atoms with Gasteiger partial charge in [0, 0.05) is 24.4 Å². The van der Waals surface area contributed by atoms with Gasteiger partial charge in [-0.2, -0.15) is 5.26 Å². The zero-order chi connectivity index (χ0) is 18.6. The molecular weight excluding hydrogens is 338 g/mol. The highest BCUT2D eigenvalue weighted by Gasteiger charge is 2.28. The molecule has 1 aliphatic rings. The molecule has 0 bridgehead atoms. The Bertz CT molecular complexity index is 983. The first-order valence-electron chi connectivity index (χ1n) is 9.14. The normalized spacial score (nSPS) is 13.2. The summed E-state index contributed by atoms with van der Waals surface area (Å²) >= 11 is 0. The number of imidazole rings is 1. The van der Waals surface area contributed by atoms with Gasteiger partial charge in [-0.25, -0.2) is 4.98 Å². The molecule has 3 aromatic rings. The lowest BCUT2D eigenvalue weighted by molar-refractivity contribution is 0.216. The Kier molecular flexibility index (Phi) is 4.80. The molecule has 0 aliphatic heterocycles. The van der Waals surface area contributed by atoms with E-state index in [0.29, 0.717) is 24.7 Å². The van der Waals surface area contributed by atoms with Crippen LogP contribution in [-0.2, 0) is 0 Å². The summed E-state index contributed by atoms with van der Waals surface area (Å²) in [7, 11) is 0. The number of aryl methyl sites for hydroxylation is 1. The number of hydrogen-bond acceptors (Lipinski definition) is 4. The van der Waals surface area contributed by atoms with E-state index in [0.717, 1.165) is 28.6 Å². The van der Waals surface area contributed by atoms with E-state index in [1.54, 1.807) is 6.07 Å². The zero-order valence-corrected chi connectivity index (χ0v) is 15.3. The van der Waals surface area contributed by atoms with Crippen LogP contribution in [0, 0.1) is 18.3 Å². The molecule has 0 saturated heterocycles. The fourth-order valence-corrected chi connectivity index (χ4v) is 3.09. The van der Waals surface area contributed by atoms with Gasteiger partial charge < -0.3 is 14.0 Å². The molecule has 1 fully saturated rings. The van der Waals surface area contributed by atoms with Gasteiger partial charge in [-0.3, -0.25) is 0 Å². The summed E-state index contributed by atoms with van der Waals surface area (Å²) in [6.45, 7) is 2.82. The monoisotopic (exact) mass is 359 g/mol. The maximum Gasteiger partial charge on any atom is 0.122 e. The van der Waals surface area contributed by atoms with Crippen molar-refractivity contribution in [3.8, 4) is 23.3 Å². The van der Waals surface area contributed by atoms with Crippen LogP contribution < -0.4 is 9.47 Å². The summed E-state index contributed by atoms with van der Waals surface area (Å²) in [6.07, 6.45) is 6.30. The van der Waals surface area contributed by atoms with Crippen molar-refractivity contribution in [1.82, 2.24) is 9.55 Å². The summed E-state index contributed by atoms with van der Waals surface area (Å²) in [4.78, 5) is 4.50. The first-order chi connectivity index (χ1) is 13.2. The van der Waals surface area contributed by atoms with Gasteiger partial charge in [-0.1, -0.05) is 6.07 Å². The molecule has 1 aromatic heterocycles. The lowest BCUT2D eigenvalue weighted by Crippen LogP contribution is -2.10. The van der Waals surface area contributed by atoms with Crippen molar-refractivity contribution in [3.05, 3.63) is 71.8 Å². The smallest absolute Gasteiger partial charge is 0.122 e. The van der Waals surface area contributed by atoms with Crippen LogP contribution in [0.4, 0.5) is 0 Å². The molecule has 1 aliphatic carbocycles. The van der Waals surface area contributed by atoms with Crippen LogP contribution in [-0.4, -0.2) is 22.8 Å².